The van der Waals surface area contributed by atoms with Crippen LogP contribution in [-0.4, -0.2) is 40.4 Å². The SMILES string of the molecule is COCC(C)Nc1cccc(-c2nn[nH]n2)c1. The lowest BCUT2D eigenvalue weighted by Gasteiger charge is -2.14. The van der Waals surface area contributed by atoms with Gasteiger partial charge in [-0.1, -0.05) is 12.1 Å². The van der Waals surface area contributed by atoms with Crippen LogP contribution in [0.15, 0.2) is 24.3 Å². The van der Waals surface area contributed by atoms with Gasteiger partial charge < -0.3 is 10.1 Å². The summed E-state index contributed by atoms with van der Waals surface area (Å²) >= 11 is 0. The van der Waals surface area contributed by atoms with Gasteiger partial charge in [0, 0.05) is 24.4 Å². The molecule has 0 aliphatic rings. The summed E-state index contributed by atoms with van der Waals surface area (Å²) in [5.74, 6) is 0.591. The van der Waals surface area contributed by atoms with Gasteiger partial charge >= 0.3 is 0 Å². The smallest absolute Gasteiger partial charge is 0.204 e. The summed E-state index contributed by atoms with van der Waals surface area (Å²) in [6.07, 6.45) is 0. The number of methoxy groups -OCH3 is 1. The molecular weight excluding hydrogens is 218 g/mol. The predicted octanol–water partition coefficient (Wildman–Crippen LogP) is 1.31. The van der Waals surface area contributed by atoms with E-state index < -0.39 is 0 Å². The van der Waals surface area contributed by atoms with Gasteiger partial charge in [0.05, 0.1) is 6.61 Å². The van der Waals surface area contributed by atoms with E-state index in [1.165, 1.54) is 0 Å². The van der Waals surface area contributed by atoms with Gasteiger partial charge in [0.25, 0.3) is 0 Å². The van der Waals surface area contributed by atoms with Crippen molar-refractivity contribution in [2.75, 3.05) is 19.0 Å². The summed E-state index contributed by atoms with van der Waals surface area (Å²) < 4.78 is 5.08. The highest BCUT2D eigenvalue weighted by molar-refractivity contribution is 5.61. The number of ether oxygens (including phenoxy) is 1. The molecule has 90 valence electrons. The largest absolute Gasteiger partial charge is 0.383 e. The molecule has 2 rings (SSSR count). The minimum atomic E-state index is 0.250. The average Bonchev–Trinajstić information content (AvgIpc) is 2.83. The molecule has 1 atom stereocenters. The van der Waals surface area contributed by atoms with Crippen LogP contribution in [0.2, 0.25) is 0 Å². The molecule has 6 nitrogen and oxygen atoms in total. The van der Waals surface area contributed by atoms with Crippen LogP contribution in [0.5, 0.6) is 0 Å². The van der Waals surface area contributed by atoms with E-state index in [-0.39, 0.29) is 6.04 Å². The van der Waals surface area contributed by atoms with E-state index in [0.717, 1.165) is 11.3 Å². The molecule has 0 aliphatic heterocycles. The lowest BCUT2D eigenvalue weighted by molar-refractivity contribution is 0.190. The number of anilines is 1. The molecule has 0 fully saturated rings. The third-order valence-corrected chi connectivity index (χ3v) is 2.30. The van der Waals surface area contributed by atoms with Crippen LogP contribution in [0.1, 0.15) is 6.92 Å². The second-order valence-electron chi connectivity index (χ2n) is 3.82. The molecule has 0 amide bonds. The van der Waals surface area contributed by atoms with Gasteiger partial charge in [-0.2, -0.15) is 5.21 Å². The lowest BCUT2D eigenvalue weighted by Crippen LogP contribution is -2.20. The van der Waals surface area contributed by atoms with Gasteiger partial charge in [0.15, 0.2) is 0 Å². The third-order valence-electron chi connectivity index (χ3n) is 2.30. The molecule has 1 unspecified atom stereocenters. The van der Waals surface area contributed by atoms with Crippen molar-refractivity contribution in [1.82, 2.24) is 20.6 Å². The van der Waals surface area contributed by atoms with Crippen molar-refractivity contribution in [2.45, 2.75) is 13.0 Å². The van der Waals surface area contributed by atoms with Crippen LogP contribution in [0.4, 0.5) is 5.69 Å². The first kappa shape index (κ1) is 11.5. The van der Waals surface area contributed by atoms with Crippen molar-refractivity contribution >= 4 is 5.69 Å². The van der Waals surface area contributed by atoms with Crippen LogP contribution in [0.25, 0.3) is 11.4 Å². The van der Waals surface area contributed by atoms with Gasteiger partial charge in [0.1, 0.15) is 0 Å². The average molecular weight is 233 g/mol. The maximum absolute atomic E-state index is 5.08. The van der Waals surface area contributed by atoms with Gasteiger partial charge in [0.2, 0.25) is 5.82 Å². The van der Waals surface area contributed by atoms with E-state index >= 15 is 0 Å². The zero-order valence-electron chi connectivity index (χ0n) is 9.84. The predicted molar refractivity (Wildman–Crippen MR) is 64.6 cm³/mol. The number of H-pyrrole nitrogens is 1. The lowest BCUT2D eigenvalue weighted by atomic mass is 10.2. The van der Waals surface area contributed by atoms with E-state index in [1.54, 1.807) is 7.11 Å². The molecular formula is C11H15N5O. The monoisotopic (exact) mass is 233 g/mol. The third kappa shape index (κ3) is 3.01. The number of hydrogen-bond acceptors (Lipinski definition) is 5. The van der Waals surface area contributed by atoms with Crippen molar-refractivity contribution < 1.29 is 4.74 Å². The number of hydrogen-bond donors (Lipinski definition) is 2. The number of aromatic nitrogens is 4. The standard InChI is InChI=1S/C11H15N5O/c1-8(7-17-2)12-10-5-3-4-9(6-10)11-13-15-16-14-11/h3-6,8,12H,7H2,1-2H3,(H,13,14,15,16). The molecule has 0 bridgehead atoms. The number of benzene rings is 1. The van der Waals surface area contributed by atoms with Crippen LogP contribution in [0.3, 0.4) is 0 Å². The molecule has 6 heteroatoms. The number of tetrazole rings is 1. The van der Waals surface area contributed by atoms with E-state index in [1.807, 2.05) is 24.3 Å². The first-order valence-corrected chi connectivity index (χ1v) is 5.39. The molecule has 0 saturated carbocycles. The van der Waals surface area contributed by atoms with Gasteiger partial charge in [-0.3, -0.25) is 0 Å². The Morgan fingerprint density at radius 2 is 2.35 bits per heavy atom. The Morgan fingerprint density at radius 3 is 3.06 bits per heavy atom. The van der Waals surface area contributed by atoms with Crippen molar-refractivity contribution in [3.63, 3.8) is 0 Å². The van der Waals surface area contributed by atoms with E-state index in [0.29, 0.717) is 12.4 Å². The molecule has 0 aliphatic carbocycles. The Morgan fingerprint density at radius 1 is 1.47 bits per heavy atom. The minimum absolute atomic E-state index is 0.250. The number of rotatable bonds is 5. The quantitative estimate of drug-likeness (QED) is 0.814. The number of aromatic amines is 1. The van der Waals surface area contributed by atoms with Crippen molar-refractivity contribution in [3.8, 4) is 11.4 Å². The molecule has 1 heterocycles. The molecule has 1 aromatic carbocycles. The molecule has 1 aromatic heterocycles. The van der Waals surface area contributed by atoms with Crippen molar-refractivity contribution in [2.24, 2.45) is 0 Å². The number of nitrogens with zero attached hydrogens (tertiary/aromatic N) is 3. The zero-order chi connectivity index (χ0) is 12.1. The number of nitrogens with one attached hydrogen (secondary N) is 2. The highest BCUT2D eigenvalue weighted by Gasteiger charge is 2.05. The fraction of sp³-hybridized carbons (Fsp3) is 0.364. The summed E-state index contributed by atoms with van der Waals surface area (Å²) in [5.41, 5.74) is 1.94. The molecule has 17 heavy (non-hydrogen) atoms. The van der Waals surface area contributed by atoms with Crippen LogP contribution >= 0.6 is 0 Å². The van der Waals surface area contributed by atoms with Gasteiger partial charge in [-0.05, 0) is 24.3 Å². The Bertz CT molecular complexity index is 457. The molecule has 0 radical (unpaired) electrons. The summed E-state index contributed by atoms with van der Waals surface area (Å²) in [6.45, 7) is 2.72. The first-order chi connectivity index (χ1) is 8.29. The Labute approximate surface area is 99.4 Å². The minimum Gasteiger partial charge on any atom is -0.383 e. The van der Waals surface area contributed by atoms with Crippen LogP contribution < -0.4 is 5.32 Å². The normalized spacial score (nSPS) is 12.4. The van der Waals surface area contributed by atoms with Crippen molar-refractivity contribution in [3.05, 3.63) is 24.3 Å². The maximum atomic E-state index is 5.08. The highest BCUT2D eigenvalue weighted by Crippen LogP contribution is 2.18. The fourth-order valence-electron chi connectivity index (χ4n) is 1.61. The Balaban J connectivity index is 2.12. The molecule has 0 saturated heterocycles. The second-order valence-corrected chi connectivity index (χ2v) is 3.82. The summed E-state index contributed by atoms with van der Waals surface area (Å²) in [6, 6.07) is 8.12. The van der Waals surface area contributed by atoms with Gasteiger partial charge in [-0.15, -0.1) is 10.2 Å². The van der Waals surface area contributed by atoms with Crippen LogP contribution in [-0.2, 0) is 4.74 Å². The zero-order valence-corrected chi connectivity index (χ0v) is 9.84. The molecule has 0 spiro atoms. The molecule has 2 N–H and O–H groups in total. The van der Waals surface area contributed by atoms with Crippen LogP contribution in [0, 0.1) is 0 Å². The Kier molecular flexibility index (Phi) is 3.66. The topological polar surface area (TPSA) is 75.7 Å². The van der Waals surface area contributed by atoms with Gasteiger partial charge in [-0.25, -0.2) is 0 Å². The fourth-order valence-corrected chi connectivity index (χ4v) is 1.61. The first-order valence-electron chi connectivity index (χ1n) is 5.39. The molecule has 2 aromatic rings. The second kappa shape index (κ2) is 5.40. The van der Waals surface area contributed by atoms with E-state index in [2.05, 4.69) is 32.9 Å². The van der Waals surface area contributed by atoms with E-state index in [9.17, 15) is 0 Å². The summed E-state index contributed by atoms with van der Waals surface area (Å²) in [7, 11) is 1.69. The highest BCUT2D eigenvalue weighted by atomic mass is 16.5. The maximum Gasteiger partial charge on any atom is 0.204 e. The summed E-state index contributed by atoms with van der Waals surface area (Å²) in [5, 5.41) is 17.2. The summed E-state index contributed by atoms with van der Waals surface area (Å²) in [4.78, 5) is 0. The van der Waals surface area contributed by atoms with Crippen molar-refractivity contribution in [1.29, 1.82) is 0 Å². The van der Waals surface area contributed by atoms with E-state index in [4.69, 9.17) is 4.74 Å². The Hall–Kier alpha value is -1.95.